The van der Waals surface area contributed by atoms with Gasteiger partial charge in [-0.25, -0.2) is 20.4 Å². The van der Waals surface area contributed by atoms with Gasteiger partial charge in [0.15, 0.2) is 0 Å². The average molecular weight is 259 g/mol. The van der Waals surface area contributed by atoms with Crippen molar-refractivity contribution in [2.75, 3.05) is 11.9 Å². The van der Waals surface area contributed by atoms with Gasteiger partial charge in [-0.1, -0.05) is 0 Å². The van der Waals surface area contributed by atoms with E-state index in [-0.39, 0.29) is 5.91 Å². The Kier molecular flexibility index (Phi) is 4.35. The normalized spacial score (nSPS) is 9.95. The first-order chi connectivity index (χ1) is 9.29. The third-order valence-corrected chi connectivity index (χ3v) is 2.14. The van der Waals surface area contributed by atoms with Crippen molar-refractivity contribution < 1.29 is 9.63 Å². The third-order valence-electron chi connectivity index (χ3n) is 2.14. The van der Waals surface area contributed by atoms with E-state index in [1.807, 2.05) is 0 Å². The molecule has 0 radical (unpaired) electrons. The highest BCUT2D eigenvalue weighted by atomic mass is 16.6. The number of amides is 1. The van der Waals surface area contributed by atoms with Crippen LogP contribution in [0, 0.1) is 0 Å². The van der Waals surface area contributed by atoms with Crippen LogP contribution in [-0.4, -0.2) is 27.5 Å². The van der Waals surface area contributed by atoms with Crippen molar-refractivity contribution in [3.63, 3.8) is 0 Å². The minimum Gasteiger partial charge on any atom is -0.309 e. The molecule has 0 saturated heterocycles. The summed E-state index contributed by atoms with van der Waals surface area (Å²) in [6.45, 7) is 2.19. The molecule has 0 aliphatic carbocycles. The predicted molar refractivity (Wildman–Crippen MR) is 68.6 cm³/mol. The number of rotatable bonds is 5. The molecule has 2 N–H and O–H groups in total. The fourth-order valence-electron chi connectivity index (χ4n) is 1.28. The Labute approximate surface area is 110 Å². The second-order valence-corrected chi connectivity index (χ2v) is 3.49. The zero-order valence-electron chi connectivity index (χ0n) is 10.3. The zero-order valence-corrected chi connectivity index (χ0v) is 10.3. The third kappa shape index (κ3) is 3.71. The van der Waals surface area contributed by atoms with Crippen molar-refractivity contribution in [1.82, 2.24) is 20.4 Å². The van der Waals surface area contributed by atoms with Gasteiger partial charge in [-0.15, -0.1) is 0 Å². The number of nitrogens with one attached hydrogen (secondary N) is 2. The summed E-state index contributed by atoms with van der Waals surface area (Å²) in [5.41, 5.74) is 2.70. The number of hydroxylamine groups is 1. The van der Waals surface area contributed by atoms with Crippen LogP contribution in [0.1, 0.15) is 17.3 Å². The SMILES string of the molecule is CCONC(=O)c1ccc(Nc2ncccn2)nc1. The lowest BCUT2D eigenvalue weighted by atomic mass is 10.3. The number of aromatic nitrogens is 3. The van der Waals surface area contributed by atoms with Crippen molar-refractivity contribution in [3.8, 4) is 0 Å². The van der Waals surface area contributed by atoms with E-state index in [4.69, 9.17) is 4.84 Å². The summed E-state index contributed by atoms with van der Waals surface area (Å²) < 4.78 is 0. The highest BCUT2D eigenvalue weighted by molar-refractivity contribution is 5.93. The van der Waals surface area contributed by atoms with E-state index in [9.17, 15) is 4.79 Å². The molecule has 98 valence electrons. The molecule has 2 heterocycles. The van der Waals surface area contributed by atoms with Crippen LogP contribution in [0.15, 0.2) is 36.8 Å². The first-order valence-corrected chi connectivity index (χ1v) is 5.72. The molecule has 2 aromatic heterocycles. The molecular formula is C12H13N5O2. The van der Waals surface area contributed by atoms with E-state index in [0.717, 1.165) is 0 Å². The number of anilines is 2. The molecule has 7 heteroatoms. The Balaban J connectivity index is 2.00. The van der Waals surface area contributed by atoms with Gasteiger partial charge in [0.25, 0.3) is 5.91 Å². The van der Waals surface area contributed by atoms with Gasteiger partial charge >= 0.3 is 0 Å². The molecule has 0 aromatic carbocycles. The molecule has 0 saturated carbocycles. The van der Waals surface area contributed by atoms with E-state index < -0.39 is 0 Å². The van der Waals surface area contributed by atoms with E-state index in [2.05, 4.69) is 25.7 Å². The summed E-state index contributed by atoms with van der Waals surface area (Å²) in [4.78, 5) is 28.5. The molecule has 19 heavy (non-hydrogen) atoms. The van der Waals surface area contributed by atoms with Gasteiger partial charge < -0.3 is 5.32 Å². The van der Waals surface area contributed by atoms with Crippen LogP contribution < -0.4 is 10.8 Å². The van der Waals surface area contributed by atoms with Crippen molar-refractivity contribution in [2.45, 2.75) is 6.92 Å². The van der Waals surface area contributed by atoms with E-state index in [1.165, 1.54) is 6.20 Å². The number of hydrogen-bond acceptors (Lipinski definition) is 6. The largest absolute Gasteiger partial charge is 0.309 e. The number of hydrogen-bond donors (Lipinski definition) is 2. The maximum atomic E-state index is 11.6. The monoisotopic (exact) mass is 259 g/mol. The summed E-state index contributed by atoms with van der Waals surface area (Å²) >= 11 is 0. The van der Waals surface area contributed by atoms with Crippen LogP contribution >= 0.6 is 0 Å². The molecule has 1 amide bonds. The quantitative estimate of drug-likeness (QED) is 0.787. The zero-order chi connectivity index (χ0) is 13.5. The standard InChI is InChI=1S/C12H13N5O2/c1-2-19-17-11(18)9-4-5-10(15-8-9)16-12-13-6-3-7-14-12/h3-8H,2H2,1H3,(H,17,18)(H,13,14,15,16). The maximum Gasteiger partial charge on any atom is 0.276 e. The Morgan fingerprint density at radius 2 is 2.05 bits per heavy atom. The second kappa shape index (κ2) is 6.41. The summed E-state index contributed by atoms with van der Waals surface area (Å²) in [5, 5.41) is 2.92. The summed E-state index contributed by atoms with van der Waals surface area (Å²) in [5.74, 6) is 0.664. The van der Waals surface area contributed by atoms with Crippen LogP contribution in [0.2, 0.25) is 0 Å². The topological polar surface area (TPSA) is 89.0 Å². The lowest BCUT2D eigenvalue weighted by Crippen LogP contribution is -2.23. The Morgan fingerprint density at radius 3 is 2.68 bits per heavy atom. The van der Waals surface area contributed by atoms with Gasteiger partial charge in [-0.05, 0) is 25.1 Å². The van der Waals surface area contributed by atoms with Gasteiger partial charge in [0.05, 0.1) is 12.2 Å². The Hall–Kier alpha value is -2.54. The molecular weight excluding hydrogens is 246 g/mol. The summed E-state index contributed by atoms with van der Waals surface area (Å²) in [7, 11) is 0. The molecule has 0 bridgehead atoms. The van der Waals surface area contributed by atoms with Crippen LogP contribution in [0.4, 0.5) is 11.8 Å². The molecule has 0 fully saturated rings. The average Bonchev–Trinajstić information content (AvgIpc) is 2.46. The molecule has 2 aromatic rings. The van der Waals surface area contributed by atoms with Crippen molar-refractivity contribution in [2.24, 2.45) is 0 Å². The second-order valence-electron chi connectivity index (χ2n) is 3.49. The first kappa shape index (κ1) is 12.9. The molecule has 0 unspecified atom stereocenters. The van der Waals surface area contributed by atoms with Gasteiger partial charge in [0, 0.05) is 18.6 Å². The van der Waals surface area contributed by atoms with Gasteiger partial charge in [0.1, 0.15) is 5.82 Å². The van der Waals surface area contributed by atoms with Crippen molar-refractivity contribution in [3.05, 3.63) is 42.4 Å². The lowest BCUT2D eigenvalue weighted by Gasteiger charge is -2.05. The summed E-state index contributed by atoms with van der Waals surface area (Å²) in [6, 6.07) is 5.02. The smallest absolute Gasteiger partial charge is 0.276 e. The van der Waals surface area contributed by atoms with Gasteiger partial charge in [0.2, 0.25) is 5.95 Å². The minimum absolute atomic E-state index is 0.336. The number of carbonyl (C=O) groups is 1. The fraction of sp³-hybridized carbons (Fsp3) is 0.167. The Bertz CT molecular complexity index is 530. The molecule has 2 rings (SSSR count). The Morgan fingerprint density at radius 1 is 1.26 bits per heavy atom. The van der Waals surface area contributed by atoms with Crippen LogP contribution in [0.25, 0.3) is 0 Å². The first-order valence-electron chi connectivity index (χ1n) is 5.72. The molecule has 0 aliphatic heterocycles. The van der Waals surface area contributed by atoms with Gasteiger partial charge in [-0.3, -0.25) is 9.63 Å². The molecule has 7 nitrogen and oxygen atoms in total. The van der Waals surface area contributed by atoms with Crippen LogP contribution in [0.5, 0.6) is 0 Å². The summed E-state index contributed by atoms with van der Waals surface area (Å²) in [6.07, 6.45) is 4.69. The lowest BCUT2D eigenvalue weighted by molar-refractivity contribution is 0.0364. The minimum atomic E-state index is -0.336. The van der Waals surface area contributed by atoms with Crippen molar-refractivity contribution >= 4 is 17.7 Å². The number of pyridine rings is 1. The molecule has 0 atom stereocenters. The van der Waals surface area contributed by atoms with Gasteiger partial charge in [-0.2, -0.15) is 0 Å². The predicted octanol–water partition coefficient (Wildman–Crippen LogP) is 1.30. The van der Waals surface area contributed by atoms with E-state index in [1.54, 1.807) is 37.5 Å². The highest BCUT2D eigenvalue weighted by Crippen LogP contribution is 2.09. The van der Waals surface area contributed by atoms with Crippen LogP contribution in [-0.2, 0) is 4.84 Å². The van der Waals surface area contributed by atoms with Crippen molar-refractivity contribution in [1.29, 1.82) is 0 Å². The van der Waals surface area contributed by atoms with E-state index in [0.29, 0.717) is 23.9 Å². The fourth-order valence-corrected chi connectivity index (χ4v) is 1.28. The number of nitrogens with zero attached hydrogens (tertiary/aromatic N) is 3. The molecule has 0 spiro atoms. The van der Waals surface area contributed by atoms with E-state index >= 15 is 0 Å². The maximum absolute atomic E-state index is 11.6. The molecule has 0 aliphatic rings. The highest BCUT2D eigenvalue weighted by Gasteiger charge is 2.06. The number of carbonyl (C=O) groups excluding carboxylic acids is 1. The van der Waals surface area contributed by atoms with Crippen LogP contribution in [0.3, 0.4) is 0 Å².